The van der Waals surface area contributed by atoms with Crippen molar-refractivity contribution in [3.05, 3.63) is 12.7 Å². The van der Waals surface area contributed by atoms with Crippen molar-refractivity contribution in [2.75, 3.05) is 6.54 Å². The first kappa shape index (κ1) is 10.2. The molecule has 0 aromatic rings. The molecule has 0 spiro atoms. The van der Waals surface area contributed by atoms with Crippen molar-refractivity contribution in [3.8, 4) is 0 Å². The molecule has 0 aromatic heterocycles. The molecule has 3 unspecified atom stereocenters. The minimum atomic E-state index is 0.482. The van der Waals surface area contributed by atoms with Crippen LogP contribution in [0.25, 0.3) is 0 Å². The minimum Gasteiger partial charge on any atom is -0.309 e. The lowest BCUT2D eigenvalue weighted by Gasteiger charge is -2.43. The molecule has 0 amide bonds. The zero-order valence-electron chi connectivity index (χ0n) is 9.77. The average Bonchev–Trinajstić information content (AvgIpc) is 2.55. The van der Waals surface area contributed by atoms with Crippen LogP contribution in [-0.2, 0) is 0 Å². The van der Waals surface area contributed by atoms with Gasteiger partial charge in [-0.05, 0) is 36.0 Å². The zero-order chi connectivity index (χ0) is 10.4. The van der Waals surface area contributed by atoms with E-state index in [-0.39, 0.29) is 0 Å². The molecule has 0 heterocycles. The van der Waals surface area contributed by atoms with Gasteiger partial charge in [0.15, 0.2) is 0 Å². The van der Waals surface area contributed by atoms with Gasteiger partial charge in [-0.25, -0.2) is 0 Å². The van der Waals surface area contributed by atoms with E-state index >= 15 is 0 Å². The number of nitrogens with one attached hydrogen (secondary N) is 1. The van der Waals surface area contributed by atoms with E-state index in [0.717, 1.165) is 12.5 Å². The lowest BCUT2D eigenvalue weighted by atomic mass is 9.68. The molecule has 2 aliphatic rings. The summed E-state index contributed by atoms with van der Waals surface area (Å²) < 4.78 is 0. The monoisotopic (exact) mass is 193 g/mol. The molecule has 1 N–H and O–H groups in total. The van der Waals surface area contributed by atoms with Crippen molar-refractivity contribution < 1.29 is 0 Å². The van der Waals surface area contributed by atoms with Crippen molar-refractivity contribution in [1.29, 1.82) is 0 Å². The second-order valence-electron chi connectivity index (χ2n) is 6.05. The Bertz CT molecular complexity index is 239. The predicted molar refractivity (Wildman–Crippen MR) is 61.2 cm³/mol. The Labute approximate surface area is 88.0 Å². The molecule has 0 radical (unpaired) electrons. The Morgan fingerprint density at radius 1 is 1.43 bits per heavy atom. The Morgan fingerprint density at radius 2 is 2.14 bits per heavy atom. The zero-order valence-corrected chi connectivity index (χ0v) is 9.77. The van der Waals surface area contributed by atoms with E-state index in [2.05, 4.69) is 32.7 Å². The summed E-state index contributed by atoms with van der Waals surface area (Å²) in [6.45, 7) is 12.1. The van der Waals surface area contributed by atoms with Crippen LogP contribution in [0.15, 0.2) is 12.7 Å². The van der Waals surface area contributed by atoms with Crippen molar-refractivity contribution in [3.63, 3.8) is 0 Å². The average molecular weight is 193 g/mol. The van der Waals surface area contributed by atoms with Gasteiger partial charge in [0, 0.05) is 12.6 Å². The molecular weight excluding hydrogens is 170 g/mol. The second kappa shape index (κ2) is 3.10. The highest BCUT2D eigenvalue weighted by atomic mass is 15.0. The molecule has 0 aliphatic heterocycles. The maximum Gasteiger partial charge on any atom is 0.0178 e. The van der Waals surface area contributed by atoms with E-state index < -0.39 is 0 Å². The van der Waals surface area contributed by atoms with Gasteiger partial charge in [0.2, 0.25) is 0 Å². The van der Waals surface area contributed by atoms with Gasteiger partial charge in [0.1, 0.15) is 0 Å². The lowest BCUT2D eigenvalue weighted by Crippen LogP contribution is -2.50. The van der Waals surface area contributed by atoms with Crippen LogP contribution in [0.4, 0.5) is 0 Å². The molecule has 2 saturated carbocycles. The SMILES string of the molecule is C=CCNC1C2(C)CCC(C2)C1(C)C. The number of hydrogen-bond acceptors (Lipinski definition) is 1. The smallest absolute Gasteiger partial charge is 0.0178 e. The first-order valence-corrected chi connectivity index (χ1v) is 5.85. The van der Waals surface area contributed by atoms with Gasteiger partial charge in [0.25, 0.3) is 0 Å². The molecule has 14 heavy (non-hydrogen) atoms. The molecule has 0 aromatic carbocycles. The Hall–Kier alpha value is -0.300. The third-order valence-corrected chi connectivity index (χ3v) is 4.74. The van der Waals surface area contributed by atoms with E-state index in [1.54, 1.807) is 0 Å². The molecule has 80 valence electrons. The Morgan fingerprint density at radius 3 is 2.64 bits per heavy atom. The van der Waals surface area contributed by atoms with Crippen LogP contribution >= 0.6 is 0 Å². The summed E-state index contributed by atoms with van der Waals surface area (Å²) in [6, 6.07) is 0.687. The Kier molecular flexibility index (Phi) is 2.26. The molecule has 1 nitrogen and oxygen atoms in total. The van der Waals surface area contributed by atoms with E-state index in [9.17, 15) is 0 Å². The largest absolute Gasteiger partial charge is 0.309 e. The van der Waals surface area contributed by atoms with E-state index in [1.807, 2.05) is 6.08 Å². The fourth-order valence-corrected chi connectivity index (χ4v) is 4.01. The lowest BCUT2D eigenvalue weighted by molar-refractivity contribution is 0.112. The van der Waals surface area contributed by atoms with Crippen LogP contribution in [0.1, 0.15) is 40.0 Å². The van der Waals surface area contributed by atoms with Gasteiger partial charge < -0.3 is 5.32 Å². The fraction of sp³-hybridized carbons (Fsp3) is 0.846. The van der Waals surface area contributed by atoms with Gasteiger partial charge in [0.05, 0.1) is 0 Å². The minimum absolute atomic E-state index is 0.482. The van der Waals surface area contributed by atoms with Gasteiger partial charge in [-0.1, -0.05) is 26.8 Å². The van der Waals surface area contributed by atoms with Gasteiger partial charge in [-0.3, -0.25) is 0 Å². The molecule has 1 heteroatoms. The number of rotatable bonds is 3. The highest BCUT2D eigenvalue weighted by Crippen LogP contribution is 2.62. The number of fused-ring (bicyclic) bond motifs is 2. The summed E-state index contributed by atoms with van der Waals surface area (Å²) >= 11 is 0. The molecule has 2 fully saturated rings. The van der Waals surface area contributed by atoms with E-state index in [1.165, 1.54) is 19.3 Å². The quantitative estimate of drug-likeness (QED) is 0.679. The summed E-state index contributed by atoms with van der Waals surface area (Å²) in [5.41, 5.74) is 1.03. The van der Waals surface area contributed by atoms with Crippen LogP contribution in [-0.4, -0.2) is 12.6 Å². The van der Waals surface area contributed by atoms with Gasteiger partial charge >= 0.3 is 0 Å². The molecule has 2 bridgehead atoms. The van der Waals surface area contributed by atoms with E-state index in [4.69, 9.17) is 0 Å². The maximum atomic E-state index is 3.79. The van der Waals surface area contributed by atoms with Crippen molar-refractivity contribution in [2.45, 2.75) is 46.1 Å². The number of hydrogen-bond donors (Lipinski definition) is 1. The first-order valence-electron chi connectivity index (χ1n) is 5.85. The molecule has 0 saturated heterocycles. The topological polar surface area (TPSA) is 12.0 Å². The Balaban J connectivity index is 2.16. The maximum absolute atomic E-state index is 3.79. The normalized spacial score (nSPS) is 44.2. The van der Waals surface area contributed by atoms with E-state index in [0.29, 0.717) is 16.9 Å². The van der Waals surface area contributed by atoms with Crippen LogP contribution in [0.3, 0.4) is 0 Å². The third-order valence-electron chi connectivity index (χ3n) is 4.74. The second-order valence-corrected chi connectivity index (χ2v) is 6.05. The predicted octanol–water partition coefficient (Wildman–Crippen LogP) is 2.98. The highest BCUT2D eigenvalue weighted by Gasteiger charge is 2.58. The van der Waals surface area contributed by atoms with Crippen LogP contribution in [0.2, 0.25) is 0 Å². The van der Waals surface area contributed by atoms with Crippen LogP contribution < -0.4 is 5.32 Å². The summed E-state index contributed by atoms with van der Waals surface area (Å²) in [5.74, 6) is 0.940. The summed E-state index contributed by atoms with van der Waals surface area (Å²) in [4.78, 5) is 0. The van der Waals surface area contributed by atoms with Crippen molar-refractivity contribution in [2.24, 2.45) is 16.7 Å². The molecular formula is C13H23N. The first-order chi connectivity index (χ1) is 6.50. The van der Waals surface area contributed by atoms with Gasteiger partial charge in [-0.15, -0.1) is 6.58 Å². The van der Waals surface area contributed by atoms with Gasteiger partial charge in [-0.2, -0.15) is 0 Å². The highest BCUT2D eigenvalue weighted by molar-refractivity contribution is 5.12. The van der Waals surface area contributed by atoms with Crippen LogP contribution in [0.5, 0.6) is 0 Å². The molecule has 2 rings (SSSR count). The summed E-state index contributed by atoms with van der Waals surface area (Å²) in [6.07, 6.45) is 6.26. The summed E-state index contributed by atoms with van der Waals surface area (Å²) in [5, 5.41) is 3.68. The van der Waals surface area contributed by atoms with Crippen molar-refractivity contribution in [1.82, 2.24) is 5.32 Å². The summed E-state index contributed by atoms with van der Waals surface area (Å²) in [7, 11) is 0. The molecule has 2 aliphatic carbocycles. The van der Waals surface area contributed by atoms with Crippen LogP contribution in [0, 0.1) is 16.7 Å². The third kappa shape index (κ3) is 1.25. The standard InChI is InChI=1S/C13H23N/c1-5-8-14-11-12(2,3)10-6-7-13(11,4)9-10/h5,10-11,14H,1,6-9H2,2-4H3. The molecule has 3 atom stereocenters. The fourth-order valence-electron chi connectivity index (χ4n) is 4.01. The van der Waals surface area contributed by atoms with Crippen molar-refractivity contribution >= 4 is 0 Å².